The molecule has 0 aliphatic heterocycles. The van der Waals surface area contributed by atoms with Crippen LogP contribution in [0.15, 0.2) is 25.0 Å². The van der Waals surface area contributed by atoms with Crippen LogP contribution in [0.2, 0.25) is 0 Å². The number of anilines is 1. The van der Waals surface area contributed by atoms with Crippen molar-refractivity contribution in [3.05, 3.63) is 25.0 Å². The van der Waals surface area contributed by atoms with E-state index in [0.29, 0.717) is 6.04 Å². The lowest BCUT2D eigenvalue weighted by Gasteiger charge is -2.19. The molecule has 1 atom stereocenters. The van der Waals surface area contributed by atoms with Crippen LogP contribution in [0.3, 0.4) is 0 Å². The third kappa shape index (κ3) is 2.65. The van der Waals surface area contributed by atoms with Crippen molar-refractivity contribution in [1.82, 2.24) is 9.55 Å². The van der Waals surface area contributed by atoms with Gasteiger partial charge in [0.25, 0.3) is 0 Å². The van der Waals surface area contributed by atoms with E-state index in [0.717, 1.165) is 18.4 Å². The molecule has 16 heavy (non-hydrogen) atoms. The zero-order valence-electron chi connectivity index (χ0n) is 10.0. The zero-order valence-corrected chi connectivity index (χ0v) is 10.0. The maximum absolute atomic E-state index is 4.35. The number of imidazole rings is 1. The summed E-state index contributed by atoms with van der Waals surface area (Å²) in [5.74, 6) is 1.94. The Bertz CT molecular complexity index is 339. The number of hydrogen-bond donors (Lipinski definition) is 1. The van der Waals surface area contributed by atoms with Crippen LogP contribution in [-0.2, 0) is 0 Å². The van der Waals surface area contributed by atoms with Gasteiger partial charge in [-0.1, -0.05) is 25.8 Å². The molecule has 1 N–H and O–H groups in total. The summed E-state index contributed by atoms with van der Waals surface area (Å²) in [4.78, 5) is 4.35. The molecule has 0 spiro atoms. The second kappa shape index (κ2) is 5.19. The van der Waals surface area contributed by atoms with Gasteiger partial charge in [-0.2, -0.15) is 0 Å². The first-order chi connectivity index (χ1) is 7.85. The molecule has 88 valence electrons. The van der Waals surface area contributed by atoms with Crippen LogP contribution < -0.4 is 5.32 Å². The molecule has 1 fully saturated rings. The molecule has 3 heteroatoms. The van der Waals surface area contributed by atoms with Gasteiger partial charge in [0.15, 0.2) is 0 Å². The van der Waals surface area contributed by atoms with Crippen molar-refractivity contribution in [3.63, 3.8) is 0 Å². The highest BCUT2D eigenvalue weighted by atomic mass is 15.2. The minimum atomic E-state index is 0.599. The molecule has 3 nitrogen and oxygen atoms in total. The average Bonchev–Trinajstić information content (AvgIpc) is 3.00. The Hall–Kier alpha value is -1.25. The van der Waals surface area contributed by atoms with Crippen molar-refractivity contribution in [2.45, 2.75) is 38.6 Å². The first-order valence-electron chi connectivity index (χ1n) is 6.22. The molecular weight excluding hydrogens is 198 g/mol. The molecule has 0 aromatic carbocycles. The SMILES string of the molecule is C=CCNc1nccn1C(CC)CC1CC1. The lowest BCUT2D eigenvalue weighted by Crippen LogP contribution is -2.13. The summed E-state index contributed by atoms with van der Waals surface area (Å²) in [7, 11) is 0. The van der Waals surface area contributed by atoms with E-state index in [1.165, 1.54) is 25.7 Å². The lowest BCUT2D eigenvalue weighted by atomic mass is 10.1. The fourth-order valence-electron chi connectivity index (χ4n) is 2.12. The summed E-state index contributed by atoms with van der Waals surface area (Å²) in [5.41, 5.74) is 0. The van der Waals surface area contributed by atoms with Gasteiger partial charge in [0.1, 0.15) is 0 Å². The first kappa shape index (κ1) is 11.2. The maximum atomic E-state index is 4.35. The van der Waals surface area contributed by atoms with Crippen molar-refractivity contribution in [2.75, 3.05) is 11.9 Å². The van der Waals surface area contributed by atoms with Crippen LogP contribution in [0, 0.1) is 5.92 Å². The normalized spacial score (nSPS) is 17.1. The first-order valence-corrected chi connectivity index (χ1v) is 6.22. The lowest BCUT2D eigenvalue weighted by molar-refractivity contribution is 0.432. The Kier molecular flexibility index (Phi) is 3.65. The van der Waals surface area contributed by atoms with E-state index in [4.69, 9.17) is 0 Å². The highest BCUT2D eigenvalue weighted by Gasteiger charge is 2.26. The minimum Gasteiger partial charge on any atom is -0.352 e. The molecule has 1 aliphatic carbocycles. The molecule has 0 radical (unpaired) electrons. The summed E-state index contributed by atoms with van der Waals surface area (Å²) >= 11 is 0. The van der Waals surface area contributed by atoms with Crippen molar-refractivity contribution >= 4 is 5.95 Å². The third-order valence-electron chi connectivity index (χ3n) is 3.24. The number of rotatable bonds is 7. The molecule has 1 saturated carbocycles. The molecule has 0 bridgehead atoms. The van der Waals surface area contributed by atoms with Gasteiger partial charge in [0.2, 0.25) is 5.95 Å². The largest absolute Gasteiger partial charge is 0.352 e. The van der Waals surface area contributed by atoms with E-state index in [-0.39, 0.29) is 0 Å². The highest BCUT2D eigenvalue weighted by Crippen LogP contribution is 2.38. The Morgan fingerprint density at radius 1 is 1.69 bits per heavy atom. The molecule has 1 unspecified atom stereocenters. The topological polar surface area (TPSA) is 29.9 Å². The van der Waals surface area contributed by atoms with E-state index < -0.39 is 0 Å². The molecule has 1 heterocycles. The van der Waals surface area contributed by atoms with Crippen LogP contribution in [0.5, 0.6) is 0 Å². The average molecular weight is 219 g/mol. The number of nitrogens with zero attached hydrogens (tertiary/aromatic N) is 2. The van der Waals surface area contributed by atoms with Gasteiger partial charge in [-0.25, -0.2) is 4.98 Å². The van der Waals surface area contributed by atoms with Crippen LogP contribution >= 0.6 is 0 Å². The predicted molar refractivity (Wildman–Crippen MR) is 67.6 cm³/mol. The molecule has 2 rings (SSSR count). The van der Waals surface area contributed by atoms with E-state index in [9.17, 15) is 0 Å². The van der Waals surface area contributed by atoms with Crippen LogP contribution in [-0.4, -0.2) is 16.1 Å². The third-order valence-corrected chi connectivity index (χ3v) is 3.24. The van der Waals surface area contributed by atoms with Gasteiger partial charge >= 0.3 is 0 Å². The van der Waals surface area contributed by atoms with E-state index in [1.807, 2.05) is 12.3 Å². The second-order valence-corrected chi connectivity index (χ2v) is 4.57. The van der Waals surface area contributed by atoms with Gasteiger partial charge < -0.3 is 9.88 Å². The molecule has 1 aromatic heterocycles. The molecular formula is C13H21N3. The standard InChI is InChI=1S/C13H21N3/c1-3-7-14-13-15-8-9-16(13)12(4-2)10-11-5-6-11/h3,8-9,11-12H,1,4-7,10H2,2H3,(H,14,15). The van der Waals surface area contributed by atoms with Gasteiger partial charge in [0.05, 0.1) is 0 Å². The smallest absolute Gasteiger partial charge is 0.203 e. The number of aromatic nitrogens is 2. The Labute approximate surface area is 97.6 Å². The van der Waals surface area contributed by atoms with E-state index in [2.05, 4.69) is 34.6 Å². The second-order valence-electron chi connectivity index (χ2n) is 4.57. The van der Waals surface area contributed by atoms with Gasteiger partial charge in [-0.3, -0.25) is 0 Å². The van der Waals surface area contributed by atoms with Gasteiger partial charge in [0, 0.05) is 25.0 Å². The van der Waals surface area contributed by atoms with Crippen LogP contribution in [0.1, 0.15) is 38.6 Å². The Morgan fingerprint density at radius 2 is 2.50 bits per heavy atom. The minimum absolute atomic E-state index is 0.599. The quantitative estimate of drug-likeness (QED) is 0.713. The van der Waals surface area contributed by atoms with Crippen molar-refractivity contribution in [3.8, 4) is 0 Å². The van der Waals surface area contributed by atoms with E-state index in [1.54, 1.807) is 0 Å². The Morgan fingerprint density at radius 3 is 3.12 bits per heavy atom. The fourth-order valence-corrected chi connectivity index (χ4v) is 2.12. The maximum Gasteiger partial charge on any atom is 0.203 e. The summed E-state index contributed by atoms with van der Waals surface area (Å²) in [6.45, 7) is 6.74. The van der Waals surface area contributed by atoms with Gasteiger partial charge in [-0.05, 0) is 18.8 Å². The molecule has 1 aromatic rings. The summed E-state index contributed by atoms with van der Waals surface area (Å²) in [6, 6.07) is 0.599. The van der Waals surface area contributed by atoms with Crippen molar-refractivity contribution < 1.29 is 0 Å². The summed E-state index contributed by atoms with van der Waals surface area (Å²) in [5, 5.41) is 3.29. The van der Waals surface area contributed by atoms with Crippen LogP contribution in [0.25, 0.3) is 0 Å². The summed E-state index contributed by atoms with van der Waals surface area (Å²) in [6.07, 6.45) is 11.1. The van der Waals surface area contributed by atoms with Gasteiger partial charge in [-0.15, -0.1) is 6.58 Å². The monoisotopic (exact) mass is 219 g/mol. The predicted octanol–water partition coefficient (Wildman–Crippen LogP) is 3.23. The molecule has 0 saturated heterocycles. The molecule has 1 aliphatic rings. The number of hydrogen-bond acceptors (Lipinski definition) is 2. The highest BCUT2D eigenvalue weighted by molar-refractivity contribution is 5.27. The van der Waals surface area contributed by atoms with E-state index >= 15 is 0 Å². The Balaban J connectivity index is 2.03. The molecule has 0 amide bonds. The zero-order chi connectivity index (χ0) is 11.4. The fraction of sp³-hybridized carbons (Fsp3) is 0.615. The number of nitrogens with one attached hydrogen (secondary N) is 1. The van der Waals surface area contributed by atoms with Crippen LogP contribution in [0.4, 0.5) is 5.95 Å². The van der Waals surface area contributed by atoms with Crippen molar-refractivity contribution in [1.29, 1.82) is 0 Å². The summed E-state index contributed by atoms with van der Waals surface area (Å²) < 4.78 is 2.28. The van der Waals surface area contributed by atoms with Crippen molar-refractivity contribution in [2.24, 2.45) is 5.92 Å².